The quantitative estimate of drug-likeness (QED) is 0.904. The fourth-order valence-electron chi connectivity index (χ4n) is 2.94. The van der Waals surface area contributed by atoms with Crippen molar-refractivity contribution in [3.63, 3.8) is 0 Å². The monoisotopic (exact) mass is 283 g/mol. The lowest BCUT2D eigenvalue weighted by atomic mass is 9.82. The number of aryl methyl sites for hydroxylation is 1. The molecular weight excluding hydrogens is 262 g/mol. The highest BCUT2D eigenvalue weighted by atomic mass is 16.2. The van der Waals surface area contributed by atoms with Crippen LogP contribution in [0, 0.1) is 0 Å². The molecule has 0 radical (unpaired) electrons. The molecule has 0 spiro atoms. The maximum Gasteiger partial charge on any atom is 0.233 e. The first-order chi connectivity index (χ1) is 10.1. The Morgan fingerprint density at radius 2 is 2.19 bits per heavy atom. The van der Waals surface area contributed by atoms with Crippen molar-refractivity contribution in [2.24, 2.45) is 0 Å². The number of nitrogens with zero attached hydrogens (tertiary/aromatic N) is 1. The zero-order chi connectivity index (χ0) is 14.8. The third kappa shape index (κ3) is 2.84. The molecule has 2 aromatic rings. The molecule has 3 rings (SSSR count). The molecule has 0 saturated heterocycles. The van der Waals surface area contributed by atoms with Crippen LogP contribution in [0.1, 0.15) is 55.3 Å². The molecule has 4 nitrogen and oxygen atoms in total. The van der Waals surface area contributed by atoms with Gasteiger partial charge in [-0.05, 0) is 36.3 Å². The molecule has 0 fully saturated rings. The molecule has 1 aliphatic carbocycles. The van der Waals surface area contributed by atoms with Crippen LogP contribution in [0.15, 0.2) is 30.3 Å². The Kier molecular flexibility index (Phi) is 3.78. The molecule has 1 atom stereocenters. The van der Waals surface area contributed by atoms with Crippen LogP contribution >= 0.6 is 0 Å². The molecule has 110 valence electrons. The van der Waals surface area contributed by atoms with Crippen molar-refractivity contribution in [2.75, 3.05) is 5.32 Å². The number of H-pyrrole nitrogens is 1. The van der Waals surface area contributed by atoms with Gasteiger partial charge in [0, 0.05) is 11.8 Å². The predicted molar refractivity (Wildman–Crippen MR) is 83.4 cm³/mol. The Morgan fingerprint density at radius 1 is 1.38 bits per heavy atom. The number of nitrogens with one attached hydrogen (secondary N) is 2. The van der Waals surface area contributed by atoms with Crippen molar-refractivity contribution in [1.82, 2.24) is 10.2 Å². The van der Waals surface area contributed by atoms with Gasteiger partial charge in [0.2, 0.25) is 5.91 Å². The largest absolute Gasteiger partial charge is 0.309 e. The Bertz CT molecular complexity index is 645. The minimum atomic E-state index is -0.0610. The van der Waals surface area contributed by atoms with Gasteiger partial charge in [0.25, 0.3) is 0 Å². The zero-order valence-electron chi connectivity index (χ0n) is 12.5. The molecule has 21 heavy (non-hydrogen) atoms. The summed E-state index contributed by atoms with van der Waals surface area (Å²) >= 11 is 0. The van der Waals surface area contributed by atoms with Crippen molar-refractivity contribution >= 4 is 11.7 Å². The Balaban J connectivity index is 1.77. The first kappa shape index (κ1) is 13.9. The van der Waals surface area contributed by atoms with Gasteiger partial charge in [-0.2, -0.15) is 5.10 Å². The van der Waals surface area contributed by atoms with E-state index >= 15 is 0 Å². The van der Waals surface area contributed by atoms with Crippen LogP contribution in [-0.4, -0.2) is 16.1 Å². The highest BCUT2D eigenvalue weighted by Crippen LogP contribution is 2.32. The smallest absolute Gasteiger partial charge is 0.233 e. The summed E-state index contributed by atoms with van der Waals surface area (Å²) < 4.78 is 0. The average Bonchev–Trinajstić information content (AvgIpc) is 2.95. The Hall–Kier alpha value is -2.10. The third-order valence-corrected chi connectivity index (χ3v) is 4.16. The fraction of sp³-hybridized carbons (Fsp3) is 0.412. The van der Waals surface area contributed by atoms with Gasteiger partial charge in [-0.3, -0.25) is 9.89 Å². The number of hydrogen-bond donors (Lipinski definition) is 2. The number of carbonyl (C=O) groups excluding carboxylic acids is 1. The van der Waals surface area contributed by atoms with Crippen molar-refractivity contribution in [1.29, 1.82) is 0 Å². The fourth-order valence-corrected chi connectivity index (χ4v) is 2.94. The molecule has 1 heterocycles. The summed E-state index contributed by atoms with van der Waals surface area (Å²) in [5.74, 6) is 0.975. The Morgan fingerprint density at radius 3 is 2.95 bits per heavy atom. The summed E-state index contributed by atoms with van der Waals surface area (Å²) in [6.07, 6.45) is 3.04. The van der Waals surface area contributed by atoms with Crippen molar-refractivity contribution in [3.8, 4) is 0 Å². The summed E-state index contributed by atoms with van der Waals surface area (Å²) in [5.41, 5.74) is 3.50. The molecule has 2 N–H and O–H groups in total. The van der Waals surface area contributed by atoms with Gasteiger partial charge >= 0.3 is 0 Å². The van der Waals surface area contributed by atoms with Gasteiger partial charge in [0.15, 0.2) is 5.82 Å². The predicted octanol–water partition coefficient (Wildman–Crippen LogP) is 3.59. The van der Waals surface area contributed by atoms with Gasteiger partial charge in [-0.1, -0.05) is 38.1 Å². The number of rotatable bonds is 3. The van der Waals surface area contributed by atoms with E-state index in [0.717, 1.165) is 25.0 Å². The highest BCUT2D eigenvalue weighted by Gasteiger charge is 2.26. The number of hydrogen-bond acceptors (Lipinski definition) is 2. The van der Waals surface area contributed by atoms with E-state index < -0.39 is 0 Å². The van der Waals surface area contributed by atoms with E-state index in [4.69, 9.17) is 0 Å². The van der Waals surface area contributed by atoms with E-state index in [1.807, 2.05) is 18.2 Å². The number of aromatic nitrogens is 2. The van der Waals surface area contributed by atoms with Gasteiger partial charge in [0.05, 0.1) is 5.92 Å². The number of amides is 1. The first-order valence-corrected chi connectivity index (χ1v) is 7.59. The number of anilines is 1. The van der Waals surface area contributed by atoms with Crippen molar-refractivity contribution in [2.45, 2.75) is 44.9 Å². The molecule has 1 aliphatic rings. The normalized spacial score (nSPS) is 17.6. The summed E-state index contributed by atoms with van der Waals surface area (Å²) in [6, 6.07) is 10.2. The summed E-state index contributed by atoms with van der Waals surface area (Å²) in [6.45, 7) is 4.19. The number of benzene rings is 1. The van der Waals surface area contributed by atoms with E-state index in [1.165, 1.54) is 11.1 Å². The first-order valence-electron chi connectivity index (χ1n) is 7.59. The molecule has 4 heteroatoms. The van der Waals surface area contributed by atoms with Crippen molar-refractivity contribution < 1.29 is 4.79 Å². The average molecular weight is 283 g/mol. The number of fused-ring (bicyclic) bond motifs is 1. The Labute approximate surface area is 125 Å². The second-order valence-electron chi connectivity index (χ2n) is 6.00. The lowest BCUT2D eigenvalue weighted by molar-refractivity contribution is -0.117. The molecule has 1 aromatic carbocycles. The van der Waals surface area contributed by atoms with E-state index in [1.54, 1.807) is 0 Å². The minimum Gasteiger partial charge on any atom is -0.309 e. The van der Waals surface area contributed by atoms with Crippen LogP contribution in [0.4, 0.5) is 5.82 Å². The summed E-state index contributed by atoms with van der Waals surface area (Å²) in [5, 5.41) is 10.1. The minimum absolute atomic E-state index is 0.0453. The van der Waals surface area contributed by atoms with E-state index in [-0.39, 0.29) is 11.8 Å². The standard InChI is InChI=1S/C17H21N3O/c1-11(2)15-10-16(20-19-15)18-17(21)14-9-5-7-12-6-3-4-8-13(12)14/h3-4,6,8,10-11,14H,5,7,9H2,1-2H3,(H2,18,19,20,21). The summed E-state index contributed by atoms with van der Waals surface area (Å²) in [4.78, 5) is 12.5. The highest BCUT2D eigenvalue weighted by molar-refractivity contribution is 5.95. The molecule has 0 bridgehead atoms. The lowest BCUT2D eigenvalue weighted by Crippen LogP contribution is -2.24. The SMILES string of the molecule is CC(C)c1cc(NC(=O)C2CCCc3ccccc32)n[nH]1. The molecule has 1 amide bonds. The van der Waals surface area contributed by atoms with Crippen LogP contribution in [-0.2, 0) is 11.2 Å². The topological polar surface area (TPSA) is 57.8 Å². The van der Waals surface area contributed by atoms with Crippen LogP contribution in [0.5, 0.6) is 0 Å². The summed E-state index contributed by atoms with van der Waals surface area (Å²) in [7, 11) is 0. The second-order valence-corrected chi connectivity index (χ2v) is 6.00. The third-order valence-electron chi connectivity index (χ3n) is 4.16. The van der Waals surface area contributed by atoms with Crippen LogP contribution in [0.25, 0.3) is 0 Å². The van der Waals surface area contributed by atoms with Gasteiger partial charge < -0.3 is 5.32 Å². The maximum atomic E-state index is 12.5. The molecule has 0 aliphatic heterocycles. The molecule has 1 unspecified atom stereocenters. The molecule has 0 saturated carbocycles. The van der Waals surface area contributed by atoms with E-state index in [2.05, 4.69) is 41.5 Å². The van der Waals surface area contributed by atoms with Gasteiger partial charge in [-0.15, -0.1) is 0 Å². The van der Waals surface area contributed by atoms with Gasteiger partial charge in [0.1, 0.15) is 0 Å². The molecule has 1 aromatic heterocycles. The number of carbonyl (C=O) groups is 1. The van der Waals surface area contributed by atoms with Gasteiger partial charge in [-0.25, -0.2) is 0 Å². The van der Waals surface area contributed by atoms with Crippen LogP contribution < -0.4 is 5.32 Å². The van der Waals surface area contributed by atoms with Crippen molar-refractivity contribution in [3.05, 3.63) is 47.2 Å². The van der Waals surface area contributed by atoms with Crippen LogP contribution in [0.3, 0.4) is 0 Å². The van der Waals surface area contributed by atoms with E-state index in [0.29, 0.717) is 11.7 Å². The maximum absolute atomic E-state index is 12.5. The second kappa shape index (κ2) is 5.72. The van der Waals surface area contributed by atoms with Crippen LogP contribution in [0.2, 0.25) is 0 Å². The number of aromatic amines is 1. The molecular formula is C17H21N3O. The lowest BCUT2D eigenvalue weighted by Gasteiger charge is -2.24. The zero-order valence-corrected chi connectivity index (χ0v) is 12.5. The van der Waals surface area contributed by atoms with E-state index in [9.17, 15) is 4.79 Å².